The molecule has 0 aliphatic rings. The van der Waals surface area contributed by atoms with Crippen molar-refractivity contribution >= 4 is 5.69 Å². The molecule has 4 nitrogen and oxygen atoms in total. The van der Waals surface area contributed by atoms with Crippen LogP contribution >= 0.6 is 0 Å². The van der Waals surface area contributed by atoms with Gasteiger partial charge in [-0.3, -0.25) is 4.68 Å². The smallest absolute Gasteiger partial charge is 0.131 e. The summed E-state index contributed by atoms with van der Waals surface area (Å²) in [4.78, 5) is 0. The average molecular weight is 281 g/mol. The zero-order valence-corrected chi connectivity index (χ0v) is 11.4. The molecule has 0 aliphatic carbocycles. The van der Waals surface area contributed by atoms with Crippen molar-refractivity contribution in [2.75, 3.05) is 19.0 Å². The van der Waals surface area contributed by atoms with Crippen LogP contribution in [0.1, 0.15) is 18.5 Å². The van der Waals surface area contributed by atoms with Crippen LogP contribution in [0.5, 0.6) is 0 Å². The second-order valence-electron chi connectivity index (χ2n) is 4.52. The fraction of sp³-hybridized carbons (Fsp3) is 0.357. The third kappa shape index (κ3) is 3.54. The number of nitrogens with zero attached hydrogens (tertiary/aromatic N) is 2. The molecule has 6 heteroatoms. The van der Waals surface area contributed by atoms with Gasteiger partial charge in [0.05, 0.1) is 31.1 Å². The van der Waals surface area contributed by atoms with E-state index in [0.717, 1.165) is 11.8 Å². The molecule has 1 unspecified atom stereocenters. The van der Waals surface area contributed by atoms with Crippen LogP contribution in [0.25, 0.3) is 0 Å². The molecule has 0 saturated carbocycles. The number of halogens is 2. The fourth-order valence-electron chi connectivity index (χ4n) is 1.93. The van der Waals surface area contributed by atoms with E-state index in [1.165, 1.54) is 12.1 Å². The predicted octanol–water partition coefficient (Wildman–Crippen LogP) is 2.98. The van der Waals surface area contributed by atoms with Crippen molar-refractivity contribution in [1.82, 2.24) is 9.78 Å². The van der Waals surface area contributed by atoms with Gasteiger partial charge in [0.1, 0.15) is 11.6 Å². The molecule has 2 rings (SSSR count). The Labute approximate surface area is 116 Å². The van der Waals surface area contributed by atoms with Crippen LogP contribution in [0.3, 0.4) is 0 Å². The molecule has 0 spiro atoms. The SMILES string of the molecule is COCCn1cc(NC(C)c2ccc(F)cc2F)cn1. The zero-order valence-electron chi connectivity index (χ0n) is 11.4. The second-order valence-corrected chi connectivity index (χ2v) is 4.52. The Balaban J connectivity index is 2.03. The number of aromatic nitrogens is 2. The monoisotopic (exact) mass is 281 g/mol. The van der Waals surface area contributed by atoms with E-state index in [0.29, 0.717) is 18.7 Å². The normalized spacial score (nSPS) is 12.4. The Morgan fingerprint density at radius 2 is 2.20 bits per heavy atom. The lowest BCUT2D eigenvalue weighted by Gasteiger charge is -2.14. The first kappa shape index (κ1) is 14.5. The van der Waals surface area contributed by atoms with Gasteiger partial charge in [-0.2, -0.15) is 5.10 Å². The van der Waals surface area contributed by atoms with Gasteiger partial charge < -0.3 is 10.1 Å². The summed E-state index contributed by atoms with van der Waals surface area (Å²) in [6, 6.07) is 3.29. The molecule has 1 atom stereocenters. The fourth-order valence-corrected chi connectivity index (χ4v) is 1.93. The molecule has 108 valence electrons. The van der Waals surface area contributed by atoms with Gasteiger partial charge in [-0.15, -0.1) is 0 Å². The summed E-state index contributed by atoms with van der Waals surface area (Å²) < 4.78 is 33.2. The molecule has 1 heterocycles. The first-order chi connectivity index (χ1) is 9.60. The quantitative estimate of drug-likeness (QED) is 0.884. The van der Waals surface area contributed by atoms with Gasteiger partial charge in [0, 0.05) is 24.9 Å². The Morgan fingerprint density at radius 1 is 1.40 bits per heavy atom. The van der Waals surface area contributed by atoms with Crippen molar-refractivity contribution < 1.29 is 13.5 Å². The van der Waals surface area contributed by atoms with Crippen molar-refractivity contribution in [2.24, 2.45) is 0 Å². The van der Waals surface area contributed by atoms with Gasteiger partial charge in [-0.05, 0) is 13.0 Å². The number of nitrogens with one attached hydrogen (secondary N) is 1. The third-order valence-corrected chi connectivity index (χ3v) is 2.97. The zero-order chi connectivity index (χ0) is 14.5. The summed E-state index contributed by atoms with van der Waals surface area (Å²) in [7, 11) is 1.63. The Kier molecular flexibility index (Phi) is 4.68. The molecule has 0 bridgehead atoms. The molecule has 1 N–H and O–H groups in total. The first-order valence-corrected chi connectivity index (χ1v) is 6.33. The van der Waals surface area contributed by atoms with Crippen LogP contribution in [0.2, 0.25) is 0 Å². The number of methoxy groups -OCH3 is 1. The number of hydrogen-bond acceptors (Lipinski definition) is 3. The standard InChI is InChI=1S/C14H17F2N3O/c1-10(13-4-3-11(15)7-14(13)16)18-12-8-17-19(9-12)5-6-20-2/h3-4,7-10,18H,5-6H2,1-2H3. The minimum absolute atomic E-state index is 0.282. The maximum absolute atomic E-state index is 13.7. The van der Waals surface area contributed by atoms with E-state index in [4.69, 9.17) is 4.74 Å². The van der Waals surface area contributed by atoms with Crippen LogP contribution in [0, 0.1) is 11.6 Å². The molecular weight excluding hydrogens is 264 g/mol. The maximum atomic E-state index is 13.7. The van der Waals surface area contributed by atoms with Crippen molar-refractivity contribution in [3.8, 4) is 0 Å². The highest BCUT2D eigenvalue weighted by Gasteiger charge is 2.12. The molecule has 0 fully saturated rings. The van der Waals surface area contributed by atoms with Crippen molar-refractivity contribution in [3.05, 3.63) is 47.8 Å². The van der Waals surface area contributed by atoms with Crippen molar-refractivity contribution in [3.63, 3.8) is 0 Å². The number of anilines is 1. The molecule has 2 aromatic rings. The molecule has 0 saturated heterocycles. The molecule has 1 aromatic carbocycles. The van der Waals surface area contributed by atoms with E-state index < -0.39 is 11.6 Å². The van der Waals surface area contributed by atoms with Crippen LogP contribution in [0.15, 0.2) is 30.6 Å². The molecule has 1 aromatic heterocycles. The molecule has 20 heavy (non-hydrogen) atoms. The summed E-state index contributed by atoms with van der Waals surface area (Å²) >= 11 is 0. The molecule has 0 aliphatic heterocycles. The Hall–Kier alpha value is -1.95. The van der Waals surface area contributed by atoms with E-state index in [1.807, 2.05) is 13.1 Å². The minimum Gasteiger partial charge on any atom is -0.383 e. The van der Waals surface area contributed by atoms with Crippen LogP contribution < -0.4 is 5.32 Å². The van der Waals surface area contributed by atoms with Crippen LogP contribution in [0.4, 0.5) is 14.5 Å². The summed E-state index contributed by atoms with van der Waals surface area (Å²) in [6.45, 7) is 3.03. The molecule has 0 amide bonds. The van der Waals surface area contributed by atoms with Gasteiger partial charge in [0.25, 0.3) is 0 Å². The van der Waals surface area contributed by atoms with Gasteiger partial charge in [0.15, 0.2) is 0 Å². The molecule has 0 radical (unpaired) electrons. The van der Waals surface area contributed by atoms with Crippen molar-refractivity contribution in [2.45, 2.75) is 19.5 Å². The highest BCUT2D eigenvalue weighted by atomic mass is 19.1. The van der Waals surface area contributed by atoms with Gasteiger partial charge in [0.2, 0.25) is 0 Å². The molecular formula is C14H17F2N3O. The highest BCUT2D eigenvalue weighted by molar-refractivity contribution is 5.41. The van der Waals surface area contributed by atoms with E-state index in [2.05, 4.69) is 10.4 Å². The second kappa shape index (κ2) is 6.47. The van der Waals surface area contributed by atoms with Gasteiger partial charge >= 0.3 is 0 Å². The number of benzene rings is 1. The van der Waals surface area contributed by atoms with Crippen LogP contribution in [-0.2, 0) is 11.3 Å². The van der Waals surface area contributed by atoms with E-state index in [1.54, 1.807) is 18.0 Å². The Bertz CT molecular complexity index is 571. The van der Waals surface area contributed by atoms with Crippen molar-refractivity contribution in [1.29, 1.82) is 0 Å². The van der Waals surface area contributed by atoms with Gasteiger partial charge in [-0.1, -0.05) is 6.07 Å². The van der Waals surface area contributed by atoms with E-state index in [-0.39, 0.29) is 6.04 Å². The number of rotatable bonds is 6. The lowest BCUT2D eigenvalue weighted by Crippen LogP contribution is -2.08. The van der Waals surface area contributed by atoms with Gasteiger partial charge in [-0.25, -0.2) is 8.78 Å². The third-order valence-electron chi connectivity index (χ3n) is 2.97. The first-order valence-electron chi connectivity index (χ1n) is 6.33. The summed E-state index contributed by atoms with van der Waals surface area (Å²) in [5, 5.41) is 7.29. The summed E-state index contributed by atoms with van der Waals surface area (Å²) in [6.07, 6.45) is 3.48. The average Bonchev–Trinajstić information content (AvgIpc) is 2.83. The Morgan fingerprint density at radius 3 is 2.90 bits per heavy atom. The lowest BCUT2D eigenvalue weighted by molar-refractivity contribution is 0.183. The number of hydrogen-bond donors (Lipinski definition) is 1. The number of ether oxygens (including phenoxy) is 1. The van der Waals surface area contributed by atoms with Crippen LogP contribution in [-0.4, -0.2) is 23.5 Å². The maximum Gasteiger partial charge on any atom is 0.131 e. The lowest BCUT2D eigenvalue weighted by atomic mass is 10.1. The largest absolute Gasteiger partial charge is 0.383 e. The summed E-state index contributed by atoms with van der Waals surface area (Å²) in [5.41, 5.74) is 1.19. The summed E-state index contributed by atoms with van der Waals surface area (Å²) in [5.74, 6) is -1.14. The minimum atomic E-state index is -0.578. The topological polar surface area (TPSA) is 39.1 Å². The highest BCUT2D eigenvalue weighted by Crippen LogP contribution is 2.22. The van der Waals surface area contributed by atoms with E-state index in [9.17, 15) is 8.78 Å². The van der Waals surface area contributed by atoms with E-state index >= 15 is 0 Å². The predicted molar refractivity (Wildman–Crippen MR) is 72.5 cm³/mol.